The molecule has 0 N–H and O–H groups in total. The van der Waals surface area contributed by atoms with Crippen LogP contribution in [0.4, 0.5) is 4.39 Å². The van der Waals surface area contributed by atoms with Gasteiger partial charge in [0.05, 0.1) is 18.6 Å². The Morgan fingerprint density at radius 1 is 1.36 bits per heavy atom. The molecule has 6 heteroatoms. The molecular formula is C8H4FN5. The van der Waals surface area contributed by atoms with E-state index in [1.807, 2.05) is 6.07 Å². The van der Waals surface area contributed by atoms with E-state index in [9.17, 15) is 4.39 Å². The Morgan fingerprint density at radius 3 is 2.71 bits per heavy atom. The molecule has 0 fully saturated rings. The second-order valence-corrected chi connectivity index (χ2v) is 2.45. The molecule has 0 radical (unpaired) electrons. The van der Waals surface area contributed by atoms with Gasteiger partial charge in [-0.2, -0.15) is 15.5 Å². The highest BCUT2D eigenvalue weighted by Gasteiger charge is 2.08. The number of hydrogen-bond donors (Lipinski definition) is 0. The van der Waals surface area contributed by atoms with E-state index in [0.717, 1.165) is 17.1 Å². The maximum Gasteiger partial charge on any atom is 0.168 e. The fraction of sp³-hybridized carbons (Fsp3) is 0. The Bertz CT molecular complexity index is 485. The minimum atomic E-state index is -0.531. The van der Waals surface area contributed by atoms with Crippen LogP contribution < -0.4 is 0 Å². The summed E-state index contributed by atoms with van der Waals surface area (Å²) in [7, 11) is 0. The second kappa shape index (κ2) is 3.22. The molecule has 0 bridgehead atoms. The summed E-state index contributed by atoms with van der Waals surface area (Å²) in [6.07, 6.45) is 3.85. The molecule has 14 heavy (non-hydrogen) atoms. The van der Waals surface area contributed by atoms with Crippen LogP contribution in [0.5, 0.6) is 0 Å². The summed E-state index contributed by atoms with van der Waals surface area (Å²) in [5.41, 5.74) is 0.320. The number of nitrogens with zero attached hydrogens (tertiary/aromatic N) is 5. The predicted octanol–water partition coefficient (Wildman–Crippen LogP) is 0.673. The first-order chi connectivity index (χ1) is 6.81. The molecule has 68 valence electrons. The fourth-order valence-corrected chi connectivity index (χ4v) is 1.01. The standard InChI is InChI=1S/C8H4FN5/c9-6-3-8(7(4-10)11-5-6)14-12-1-2-13-14/h1-3,5H. The SMILES string of the molecule is N#Cc1ncc(F)cc1-n1nccn1. The smallest absolute Gasteiger partial charge is 0.168 e. The Morgan fingerprint density at radius 2 is 2.07 bits per heavy atom. The molecule has 0 aliphatic carbocycles. The van der Waals surface area contributed by atoms with Gasteiger partial charge in [0, 0.05) is 6.07 Å². The van der Waals surface area contributed by atoms with E-state index in [0.29, 0.717) is 0 Å². The Hall–Kier alpha value is -2.29. The first kappa shape index (κ1) is 8.31. The van der Waals surface area contributed by atoms with Gasteiger partial charge < -0.3 is 0 Å². The molecule has 0 spiro atoms. The van der Waals surface area contributed by atoms with Crippen LogP contribution in [0.25, 0.3) is 5.69 Å². The molecular weight excluding hydrogens is 185 g/mol. The number of hydrogen-bond acceptors (Lipinski definition) is 4. The van der Waals surface area contributed by atoms with Crippen LogP contribution in [0.1, 0.15) is 5.69 Å². The van der Waals surface area contributed by atoms with Crippen molar-refractivity contribution in [3.63, 3.8) is 0 Å². The van der Waals surface area contributed by atoms with Gasteiger partial charge in [-0.05, 0) is 0 Å². The van der Waals surface area contributed by atoms with Crippen LogP contribution >= 0.6 is 0 Å². The van der Waals surface area contributed by atoms with E-state index in [2.05, 4.69) is 15.2 Å². The zero-order chi connectivity index (χ0) is 9.97. The van der Waals surface area contributed by atoms with Crippen molar-refractivity contribution in [2.45, 2.75) is 0 Å². The van der Waals surface area contributed by atoms with Crippen LogP contribution in [0.15, 0.2) is 24.7 Å². The van der Waals surface area contributed by atoms with Crippen LogP contribution in [-0.4, -0.2) is 20.0 Å². The van der Waals surface area contributed by atoms with Crippen LogP contribution in [0.2, 0.25) is 0 Å². The average molecular weight is 189 g/mol. The van der Waals surface area contributed by atoms with E-state index in [1.54, 1.807) is 0 Å². The van der Waals surface area contributed by atoms with Crippen molar-refractivity contribution in [2.24, 2.45) is 0 Å². The van der Waals surface area contributed by atoms with Gasteiger partial charge in [-0.25, -0.2) is 9.37 Å². The molecule has 2 aromatic rings. The number of pyridine rings is 1. The van der Waals surface area contributed by atoms with Crippen LogP contribution in [0, 0.1) is 17.1 Å². The Kier molecular flexibility index (Phi) is 1.91. The average Bonchev–Trinajstić information content (AvgIpc) is 2.70. The summed E-state index contributed by atoms with van der Waals surface area (Å²) in [5, 5.41) is 16.3. The van der Waals surface area contributed by atoms with E-state index < -0.39 is 5.82 Å². The maximum atomic E-state index is 12.8. The lowest BCUT2D eigenvalue weighted by Gasteiger charge is -2.00. The van der Waals surface area contributed by atoms with Gasteiger partial charge in [0.25, 0.3) is 0 Å². The maximum absolute atomic E-state index is 12.8. The van der Waals surface area contributed by atoms with Crippen LogP contribution in [-0.2, 0) is 0 Å². The molecule has 2 heterocycles. The lowest BCUT2D eigenvalue weighted by molar-refractivity contribution is 0.614. The minimum Gasteiger partial charge on any atom is -0.240 e. The molecule has 0 aromatic carbocycles. The normalized spacial score (nSPS) is 9.71. The molecule has 0 aliphatic heterocycles. The van der Waals surface area contributed by atoms with Crippen molar-refractivity contribution in [1.82, 2.24) is 20.0 Å². The number of rotatable bonds is 1. The first-order valence-corrected chi connectivity index (χ1v) is 3.73. The fourth-order valence-electron chi connectivity index (χ4n) is 1.01. The Labute approximate surface area is 78.4 Å². The molecule has 0 amide bonds. The van der Waals surface area contributed by atoms with E-state index >= 15 is 0 Å². The monoisotopic (exact) mass is 189 g/mol. The van der Waals surface area contributed by atoms with E-state index in [4.69, 9.17) is 5.26 Å². The van der Waals surface area contributed by atoms with E-state index in [-0.39, 0.29) is 11.4 Å². The van der Waals surface area contributed by atoms with Crippen molar-refractivity contribution < 1.29 is 4.39 Å². The topological polar surface area (TPSA) is 67.4 Å². The second-order valence-electron chi connectivity index (χ2n) is 2.45. The third kappa shape index (κ3) is 1.31. The molecule has 0 aliphatic rings. The molecule has 0 unspecified atom stereocenters. The molecule has 0 saturated heterocycles. The van der Waals surface area contributed by atoms with Crippen LogP contribution in [0.3, 0.4) is 0 Å². The zero-order valence-corrected chi connectivity index (χ0v) is 6.92. The largest absolute Gasteiger partial charge is 0.240 e. The number of nitriles is 1. The molecule has 0 saturated carbocycles. The quantitative estimate of drug-likeness (QED) is 0.661. The summed E-state index contributed by atoms with van der Waals surface area (Å²) < 4.78 is 12.8. The van der Waals surface area contributed by atoms with Gasteiger partial charge in [-0.1, -0.05) is 0 Å². The molecule has 2 rings (SSSR count). The molecule has 5 nitrogen and oxygen atoms in total. The van der Waals surface area contributed by atoms with Crippen molar-refractivity contribution in [3.05, 3.63) is 36.2 Å². The van der Waals surface area contributed by atoms with Gasteiger partial charge in [-0.15, -0.1) is 4.80 Å². The summed E-state index contributed by atoms with van der Waals surface area (Å²) in [6, 6.07) is 2.99. The van der Waals surface area contributed by atoms with Gasteiger partial charge in [-0.3, -0.25) is 0 Å². The van der Waals surface area contributed by atoms with Gasteiger partial charge in [0.15, 0.2) is 5.69 Å². The van der Waals surface area contributed by atoms with Crippen molar-refractivity contribution in [1.29, 1.82) is 5.26 Å². The highest BCUT2D eigenvalue weighted by Crippen LogP contribution is 2.10. The molecule has 0 atom stereocenters. The molecule has 2 aromatic heterocycles. The number of halogens is 1. The van der Waals surface area contributed by atoms with Gasteiger partial charge >= 0.3 is 0 Å². The Balaban J connectivity index is 2.63. The van der Waals surface area contributed by atoms with Crippen molar-refractivity contribution >= 4 is 0 Å². The van der Waals surface area contributed by atoms with Gasteiger partial charge in [0.2, 0.25) is 0 Å². The summed E-state index contributed by atoms with van der Waals surface area (Å²) in [6.45, 7) is 0. The lowest BCUT2D eigenvalue weighted by Crippen LogP contribution is -2.03. The summed E-state index contributed by atoms with van der Waals surface area (Å²) >= 11 is 0. The predicted molar refractivity (Wildman–Crippen MR) is 43.8 cm³/mol. The minimum absolute atomic E-state index is 0.0857. The number of aromatic nitrogens is 4. The highest BCUT2D eigenvalue weighted by molar-refractivity contribution is 5.42. The van der Waals surface area contributed by atoms with E-state index in [1.165, 1.54) is 12.4 Å². The highest BCUT2D eigenvalue weighted by atomic mass is 19.1. The first-order valence-electron chi connectivity index (χ1n) is 3.73. The van der Waals surface area contributed by atoms with Gasteiger partial charge in [0.1, 0.15) is 17.6 Å². The summed E-state index contributed by atoms with van der Waals surface area (Å²) in [5.74, 6) is -0.531. The zero-order valence-electron chi connectivity index (χ0n) is 6.92. The third-order valence-electron chi connectivity index (χ3n) is 1.57. The lowest BCUT2D eigenvalue weighted by atomic mass is 10.3. The third-order valence-corrected chi connectivity index (χ3v) is 1.57. The van der Waals surface area contributed by atoms with Crippen molar-refractivity contribution in [3.8, 4) is 11.8 Å². The summed E-state index contributed by atoms with van der Waals surface area (Å²) in [4.78, 5) is 4.76. The van der Waals surface area contributed by atoms with Crippen molar-refractivity contribution in [2.75, 3.05) is 0 Å².